The summed E-state index contributed by atoms with van der Waals surface area (Å²) in [4.78, 5) is 17.9. The Morgan fingerprint density at radius 1 is 1.21 bits per heavy atom. The summed E-state index contributed by atoms with van der Waals surface area (Å²) >= 11 is 3.36. The topological polar surface area (TPSA) is 43.6 Å². The van der Waals surface area contributed by atoms with E-state index in [0.717, 1.165) is 45.9 Å². The maximum atomic E-state index is 12.7. The summed E-state index contributed by atoms with van der Waals surface area (Å²) in [6.07, 6.45) is 4.21. The van der Waals surface area contributed by atoms with Crippen LogP contribution in [0.25, 0.3) is 10.2 Å². The Balaban J connectivity index is 1.89. The number of amides is 1. The lowest BCUT2D eigenvalue weighted by Gasteiger charge is -2.05. The molecule has 0 saturated carbocycles. The van der Waals surface area contributed by atoms with E-state index >= 15 is 0 Å². The van der Waals surface area contributed by atoms with Crippen molar-refractivity contribution >= 4 is 39.2 Å². The molecule has 6 heteroatoms. The molecule has 2 aromatic carbocycles. The van der Waals surface area contributed by atoms with Gasteiger partial charge in [0.15, 0.2) is 4.80 Å². The van der Waals surface area contributed by atoms with E-state index in [4.69, 9.17) is 4.74 Å². The molecule has 0 bridgehead atoms. The third kappa shape index (κ3) is 5.06. The van der Waals surface area contributed by atoms with Gasteiger partial charge in [-0.15, -0.1) is 0 Å². The van der Waals surface area contributed by atoms with E-state index < -0.39 is 0 Å². The molecule has 0 aliphatic rings. The van der Waals surface area contributed by atoms with Gasteiger partial charge >= 0.3 is 0 Å². The fourth-order valence-electron chi connectivity index (χ4n) is 2.84. The first kappa shape index (κ1) is 20.7. The van der Waals surface area contributed by atoms with Gasteiger partial charge in [0.05, 0.1) is 16.8 Å². The molecule has 28 heavy (non-hydrogen) atoms. The Morgan fingerprint density at radius 3 is 2.71 bits per heavy atom. The number of hydrogen-bond donors (Lipinski definition) is 0. The van der Waals surface area contributed by atoms with E-state index in [0.29, 0.717) is 12.2 Å². The van der Waals surface area contributed by atoms with Crippen molar-refractivity contribution in [1.82, 2.24) is 4.57 Å². The lowest BCUT2D eigenvalue weighted by atomic mass is 10.2. The predicted octanol–water partition coefficient (Wildman–Crippen LogP) is 5.29. The van der Waals surface area contributed by atoms with Crippen molar-refractivity contribution in [3.8, 4) is 5.75 Å². The molecule has 0 spiro atoms. The number of benzene rings is 2. The second-order valence-electron chi connectivity index (χ2n) is 6.64. The fraction of sp³-hybridized carbons (Fsp3) is 0.364. The number of rotatable bonds is 8. The summed E-state index contributed by atoms with van der Waals surface area (Å²) in [6, 6.07) is 13.6. The number of aromatic nitrogens is 1. The summed E-state index contributed by atoms with van der Waals surface area (Å²) in [7, 11) is 0. The Bertz CT molecular complexity index is 1000. The van der Waals surface area contributed by atoms with Crippen molar-refractivity contribution < 1.29 is 9.53 Å². The van der Waals surface area contributed by atoms with E-state index in [1.165, 1.54) is 5.56 Å². The molecule has 0 fully saturated rings. The van der Waals surface area contributed by atoms with Gasteiger partial charge in [0.2, 0.25) is 0 Å². The van der Waals surface area contributed by atoms with Gasteiger partial charge in [-0.1, -0.05) is 30.7 Å². The van der Waals surface area contributed by atoms with Crippen LogP contribution in [0.15, 0.2) is 47.5 Å². The van der Waals surface area contributed by atoms with Gasteiger partial charge < -0.3 is 9.30 Å². The highest BCUT2D eigenvalue weighted by molar-refractivity contribution is 7.98. The number of thiazole rings is 1. The van der Waals surface area contributed by atoms with Gasteiger partial charge in [0.1, 0.15) is 5.75 Å². The van der Waals surface area contributed by atoms with E-state index in [1.807, 2.05) is 12.1 Å². The zero-order chi connectivity index (χ0) is 19.9. The van der Waals surface area contributed by atoms with Crippen LogP contribution < -0.4 is 9.54 Å². The molecule has 0 aliphatic heterocycles. The molecule has 0 N–H and O–H groups in total. The third-order valence-corrected chi connectivity index (χ3v) is 6.05. The molecule has 3 rings (SSSR count). The summed E-state index contributed by atoms with van der Waals surface area (Å²) in [6.45, 7) is 5.75. The molecule has 1 amide bonds. The molecule has 1 heterocycles. The van der Waals surface area contributed by atoms with Gasteiger partial charge in [-0.05, 0) is 61.6 Å². The minimum atomic E-state index is -0.221. The maximum Gasteiger partial charge on any atom is 0.279 e. The van der Waals surface area contributed by atoms with Crippen LogP contribution in [0.1, 0.15) is 35.7 Å². The third-order valence-electron chi connectivity index (χ3n) is 4.42. The first-order chi connectivity index (χ1) is 13.6. The minimum Gasteiger partial charge on any atom is -0.494 e. The van der Waals surface area contributed by atoms with E-state index in [2.05, 4.69) is 47.9 Å². The van der Waals surface area contributed by atoms with Crippen LogP contribution >= 0.6 is 23.1 Å². The molecule has 0 aliphatic carbocycles. The van der Waals surface area contributed by atoms with Gasteiger partial charge in [-0.3, -0.25) is 4.79 Å². The fourth-order valence-corrected chi connectivity index (χ4v) is 4.36. The van der Waals surface area contributed by atoms with Gasteiger partial charge in [-0.25, -0.2) is 0 Å². The quantitative estimate of drug-likeness (QED) is 0.470. The highest BCUT2D eigenvalue weighted by Crippen LogP contribution is 2.20. The second-order valence-corrected chi connectivity index (χ2v) is 8.64. The zero-order valence-corrected chi connectivity index (χ0v) is 18.2. The van der Waals surface area contributed by atoms with Crippen LogP contribution in [0.4, 0.5) is 0 Å². The van der Waals surface area contributed by atoms with Crippen LogP contribution in [-0.4, -0.2) is 29.1 Å². The predicted molar refractivity (Wildman–Crippen MR) is 120 cm³/mol. The molecule has 4 nitrogen and oxygen atoms in total. The SMILES string of the molecule is CCCCOc1ccc(C(=O)N=c2sc3cc(C)ccc3n2CCSC)cc1. The van der Waals surface area contributed by atoms with Crippen LogP contribution in [-0.2, 0) is 6.54 Å². The van der Waals surface area contributed by atoms with Gasteiger partial charge in [0, 0.05) is 17.9 Å². The lowest BCUT2D eigenvalue weighted by molar-refractivity contribution is 0.0998. The summed E-state index contributed by atoms with van der Waals surface area (Å²) in [5.41, 5.74) is 2.92. The zero-order valence-electron chi connectivity index (χ0n) is 16.6. The number of aryl methyl sites for hydroxylation is 2. The van der Waals surface area contributed by atoms with Gasteiger partial charge in [0.25, 0.3) is 5.91 Å². The van der Waals surface area contributed by atoms with Crippen molar-refractivity contribution in [2.45, 2.75) is 33.2 Å². The van der Waals surface area contributed by atoms with Crippen molar-refractivity contribution in [3.63, 3.8) is 0 Å². The number of thioether (sulfide) groups is 1. The summed E-state index contributed by atoms with van der Waals surface area (Å²) in [5, 5.41) is 0. The Labute approximate surface area is 174 Å². The maximum absolute atomic E-state index is 12.7. The second kappa shape index (κ2) is 9.94. The monoisotopic (exact) mass is 414 g/mol. The molecule has 0 atom stereocenters. The molecule has 3 aromatic rings. The molecule has 1 aromatic heterocycles. The minimum absolute atomic E-state index is 0.221. The lowest BCUT2D eigenvalue weighted by Crippen LogP contribution is -2.18. The smallest absolute Gasteiger partial charge is 0.279 e. The van der Waals surface area contributed by atoms with E-state index in [-0.39, 0.29) is 5.91 Å². The standard InChI is InChI=1S/C22H26N2O2S2/c1-4-5-13-26-18-9-7-17(8-10-18)21(25)23-22-24(12-14-27-3)19-11-6-16(2)15-20(19)28-22/h6-11,15H,4-5,12-14H2,1-3H3. The van der Waals surface area contributed by atoms with Crippen molar-refractivity contribution in [2.24, 2.45) is 4.99 Å². The van der Waals surface area contributed by atoms with Gasteiger partial charge in [-0.2, -0.15) is 16.8 Å². The van der Waals surface area contributed by atoms with E-state index in [9.17, 15) is 4.79 Å². The molecular weight excluding hydrogens is 388 g/mol. The highest BCUT2D eigenvalue weighted by Gasteiger charge is 2.10. The van der Waals surface area contributed by atoms with Crippen LogP contribution in [0, 0.1) is 6.92 Å². The first-order valence-electron chi connectivity index (χ1n) is 9.53. The molecule has 0 radical (unpaired) electrons. The average Bonchev–Trinajstić information content (AvgIpc) is 3.02. The number of nitrogens with zero attached hydrogens (tertiary/aromatic N) is 2. The van der Waals surface area contributed by atoms with Crippen LogP contribution in [0.5, 0.6) is 5.75 Å². The first-order valence-corrected chi connectivity index (χ1v) is 11.7. The molecule has 0 unspecified atom stereocenters. The van der Waals surface area contributed by atoms with Crippen LogP contribution in [0.2, 0.25) is 0 Å². The molecular formula is C22H26N2O2S2. The number of hydrogen-bond acceptors (Lipinski definition) is 4. The normalized spacial score (nSPS) is 11.9. The Hall–Kier alpha value is -2.05. The van der Waals surface area contributed by atoms with Crippen molar-refractivity contribution in [1.29, 1.82) is 0 Å². The highest BCUT2D eigenvalue weighted by atomic mass is 32.2. The van der Waals surface area contributed by atoms with Crippen molar-refractivity contribution in [2.75, 3.05) is 18.6 Å². The Kier molecular flexibility index (Phi) is 7.34. The number of unbranched alkanes of at least 4 members (excludes halogenated alkanes) is 1. The number of carbonyl (C=O) groups is 1. The number of fused-ring (bicyclic) bond motifs is 1. The summed E-state index contributed by atoms with van der Waals surface area (Å²) in [5.74, 6) is 1.55. The largest absolute Gasteiger partial charge is 0.494 e. The van der Waals surface area contributed by atoms with Crippen molar-refractivity contribution in [3.05, 3.63) is 58.4 Å². The number of carbonyl (C=O) groups excluding carboxylic acids is 1. The average molecular weight is 415 g/mol. The Morgan fingerprint density at radius 2 is 2.00 bits per heavy atom. The number of ether oxygens (including phenoxy) is 1. The van der Waals surface area contributed by atoms with E-state index in [1.54, 1.807) is 35.2 Å². The molecule has 148 valence electrons. The summed E-state index contributed by atoms with van der Waals surface area (Å²) < 4.78 is 8.98. The van der Waals surface area contributed by atoms with Crippen LogP contribution in [0.3, 0.4) is 0 Å². The molecule has 0 saturated heterocycles.